The molecule has 3 aromatic rings. The van der Waals surface area contributed by atoms with Gasteiger partial charge in [-0.2, -0.15) is 0 Å². The van der Waals surface area contributed by atoms with Crippen molar-refractivity contribution in [1.82, 2.24) is 4.72 Å². The summed E-state index contributed by atoms with van der Waals surface area (Å²) in [6.07, 6.45) is 0.430. The summed E-state index contributed by atoms with van der Waals surface area (Å²) >= 11 is 0. The topological polar surface area (TPSA) is 85.6 Å². The van der Waals surface area contributed by atoms with E-state index in [0.29, 0.717) is 23.0 Å². The Balaban J connectivity index is 1.78. The Labute approximate surface area is 162 Å². The zero-order chi connectivity index (χ0) is 20.3. The fourth-order valence-corrected chi connectivity index (χ4v) is 3.88. The molecule has 0 aliphatic carbocycles. The van der Waals surface area contributed by atoms with Crippen molar-refractivity contribution >= 4 is 27.0 Å². The van der Waals surface area contributed by atoms with E-state index in [-0.39, 0.29) is 29.6 Å². The third-order valence-electron chi connectivity index (χ3n) is 4.30. The van der Waals surface area contributed by atoms with Crippen LogP contribution in [0.4, 0.5) is 4.39 Å². The van der Waals surface area contributed by atoms with E-state index < -0.39 is 16.0 Å². The van der Waals surface area contributed by atoms with Gasteiger partial charge >= 0.3 is 5.97 Å². The number of esters is 1. The molecule has 6 nitrogen and oxygen atoms in total. The minimum absolute atomic E-state index is 0.0654. The minimum Gasteiger partial charge on any atom is -0.460 e. The third-order valence-corrected chi connectivity index (χ3v) is 5.76. The second kappa shape index (κ2) is 8.12. The van der Waals surface area contributed by atoms with Crippen LogP contribution in [0.3, 0.4) is 0 Å². The molecule has 1 N–H and O–H groups in total. The molecule has 0 bridgehead atoms. The van der Waals surface area contributed by atoms with Gasteiger partial charge in [0, 0.05) is 17.5 Å². The van der Waals surface area contributed by atoms with Crippen molar-refractivity contribution in [2.45, 2.75) is 25.2 Å². The Morgan fingerprint density at radius 1 is 1.18 bits per heavy atom. The van der Waals surface area contributed by atoms with Crippen molar-refractivity contribution in [3.8, 4) is 0 Å². The van der Waals surface area contributed by atoms with Gasteiger partial charge in [-0.3, -0.25) is 0 Å². The molecule has 8 heteroatoms. The van der Waals surface area contributed by atoms with Crippen LogP contribution in [-0.4, -0.2) is 27.5 Å². The number of furan rings is 1. The Morgan fingerprint density at radius 3 is 2.57 bits per heavy atom. The second-order valence-electron chi connectivity index (χ2n) is 6.21. The number of fused-ring (bicyclic) bond motifs is 1. The average molecular weight is 405 g/mol. The molecule has 1 heterocycles. The number of hydrogen-bond donors (Lipinski definition) is 1. The molecule has 148 valence electrons. The molecular formula is C20H20FNO5S. The number of carbonyl (C=O) groups is 1. The summed E-state index contributed by atoms with van der Waals surface area (Å²) in [5, 5.41) is 0.532. The monoisotopic (exact) mass is 405 g/mol. The maximum Gasteiger partial charge on any atom is 0.374 e. The molecule has 0 saturated carbocycles. The summed E-state index contributed by atoms with van der Waals surface area (Å²) in [7, 11) is -3.75. The van der Waals surface area contributed by atoms with Gasteiger partial charge in [0.05, 0.1) is 11.5 Å². The van der Waals surface area contributed by atoms with Gasteiger partial charge in [0.2, 0.25) is 15.8 Å². The van der Waals surface area contributed by atoms with Crippen LogP contribution in [0.2, 0.25) is 0 Å². The fraction of sp³-hybridized carbons (Fsp3) is 0.250. The lowest BCUT2D eigenvalue weighted by Gasteiger charge is -2.07. The lowest BCUT2D eigenvalue weighted by molar-refractivity contribution is 0.0491. The fourth-order valence-electron chi connectivity index (χ4n) is 2.82. The normalized spacial score (nSPS) is 11.7. The molecule has 3 rings (SSSR count). The molecule has 0 saturated heterocycles. The zero-order valence-electron chi connectivity index (χ0n) is 15.5. The van der Waals surface area contributed by atoms with Crippen LogP contribution < -0.4 is 4.72 Å². The maximum atomic E-state index is 12.9. The van der Waals surface area contributed by atoms with Gasteiger partial charge in [-0.15, -0.1) is 0 Å². The quantitative estimate of drug-likeness (QED) is 0.608. The number of sulfonamides is 1. The van der Waals surface area contributed by atoms with E-state index in [9.17, 15) is 17.6 Å². The summed E-state index contributed by atoms with van der Waals surface area (Å²) in [5.74, 6) is -0.857. The largest absolute Gasteiger partial charge is 0.460 e. The molecule has 0 radical (unpaired) electrons. The number of aryl methyl sites for hydroxylation is 1. The van der Waals surface area contributed by atoms with E-state index in [4.69, 9.17) is 9.15 Å². The van der Waals surface area contributed by atoms with Crippen LogP contribution in [0.1, 0.15) is 28.6 Å². The van der Waals surface area contributed by atoms with Gasteiger partial charge in [0.15, 0.2) is 0 Å². The number of benzene rings is 2. The van der Waals surface area contributed by atoms with Crippen LogP contribution in [-0.2, 0) is 21.2 Å². The lowest BCUT2D eigenvalue weighted by atomic mass is 10.1. The minimum atomic E-state index is -3.75. The molecule has 1 aromatic heterocycles. The van der Waals surface area contributed by atoms with Crippen molar-refractivity contribution in [2.75, 3.05) is 13.2 Å². The Hall–Kier alpha value is -2.71. The smallest absolute Gasteiger partial charge is 0.374 e. The van der Waals surface area contributed by atoms with E-state index in [2.05, 4.69) is 4.72 Å². The predicted octanol–water partition coefficient (Wildman–Crippen LogP) is 3.58. The van der Waals surface area contributed by atoms with Crippen molar-refractivity contribution in [3.05, 3.63) is 65.2 Å². The molecule has 2 aromatic carbocycles. The Bertz CT molecular complexity index is 1100. The van der Waals surface area contributed by atoms with Crippen LogP contribution in [0.5, 0.6) is 0 Å². The summed E-state index contributed by atoms with van der Waals surface area (Å²) < 4.78 is 51.1. The van der Waals surface area contributed by atoms with Crippen LogP contribution in [0.25, 0.3) is 11.0 Å². The molecule has 0 fully saturated rings. The van der Waals surface area contributed by atoms with Gasteiger partial charge in [-0.25, -0.2) is 22.3 Å². The van der Waals surface area contributed by atoms with E-state index in [1.165, 1.54) is 30.3 Å². The molecule has 0 aliphatic heterocycles. The first-order valence-corrected chi connectivity index (χ1v) is 10.2. The summed E-state index contributed by atoms with van der Waals surface area (Å²) in [5.41, 5.74) is 1.76. The lowest BCUT2D eigenvalue weighted by Crippen LogP contribution is -2.26. The molecule has 28 heavy (non-hydrogen) atoms. The van der Waals surface area contributed by atoms with Gasteiger partial charge in [-0.05, 0) is 56.2 Å². The van der Waals surface area contributed by atoms with Crippen molar-refractivity contribution < 1.29 is 26.8 Å². The number of halogens is 1. The first-order chi connectivity index (χ1) is 13.3. The highest BCUT2D eigenvalue weighted by Crippen LogP contribution is 2.28. The Kier molecular flexibility index (Phi) is 5.81. The van der Waals surface area contributed by atoms with Crippen LogP contribution in [0.15, 0.2) is 51.8 Å². The van der Waals surface area contributed by atoms with Gasteiger partial charge in [-0.1, -0.05) is 12.1 Å². The van der Waals surface area contributed by atoms with Crippen molar-refractivity contribution in [2.24, 2.45) is 0 Å². The van der Waals surface area contributed by atoms with E-state index >= 15 is 0 Å². The summed E-state index contributed by atoms with van der Waals surface area (Å²) in [4.78, 5) is 12.0. The summed E-state index contributed by atoms with van der Waals surface area (Å²) in [6, 6.07) is 10.3. The predicted molar refractivity (Wildman–Crippen MR) is 102 cm³/mol. The van der Waals surface area contributed by atoms with E-state index in [1.807, 2.05) is 0 Å². The molecule has 0 aliphatic rings. The maximum absolute atomic E-state index is 12.9. The molecular weight excluding hydrogens is 385 g/mol. The third kappa shape index (κ3) is 4.23. The van der Waals surface area contributed by atoms with E-state index in [0.717, 1.165) is 5.56 Å². The first kappa shape index (κ1) is 20.0. The molecule has 0 spiro atoms. The highest BCUT2D eigenvalue weighted by atomic mass is 32.2. The standard InChI is InChI=1S/C20H20FNO5S/c1-3-26-20(23)19-13(2)17-12-16(8-9-18(17)27-19)28(24,25)22-11-10-14-4-6-15(21)7-5-14/h4-9,12,22H,3,10-11H2,1-2H3. The van der Waals surface area contributed by atoms with E-state index in [1.54, 1.807) is 26.0 Å². The Morgan fingerprint density at radius 2 is 1.89 bits per heavy atom. The number of nitrogens with one attached hydrogen (secondary N) is 1. The molecule has 0 unspecified atom stereocenters. The number of rotatable bonds is 7. The number of carbonyl (C=O) groups excluding carboxylic acids is 1. The van der Waals surface area contributed by atoms with Crippen molar-refractivity contribution in [3.63, 3.8) is 0 Å². The molecule has 0 amide bonds. The number of hydrogen-bond acceptors (Lipinski definition) is 5. The van der Waals surface area contributed by atoms with Crippen LogP contribution >= 0.6 is 0 Å². The zero-order valence-corrected chi connectivity index (χ0v) is 16.3. The van der Waals surface area contributed by atoms with Crippen molar-refractivity contribution in [1.29, 1.82) is 0 Å². The van der Waals surface area contributed by atoms with Gasteiger partial charge in [0.1, 0.15) is 11.4 Å². The number of ether oxygens (including phenoxy) is 1. The van der Waals surface area contributed by atoms with Gasteiger partial charge in [0.25, 0.3) is 0 Å². The van der Waals surface area contributed by atoms with Crippen LogP contribution in [0, 0.1) is 12.7 Å². The second-order valence-corrected chi connectivity index (χ2v) is 7.98. The first-order valence-electron chi connectivity index (χ1n) is 8.76. The SMILES string of the molecule is CCOC(=O)c1oc2ccc(S(=O)(=O)NCCc3ccc(F)cc3)cc2c1C. The van der Waals surface area contributed by atoms with Gasteiger partial charge < -0.3 is 9.15 Å². The average Bonchev–Trinajstić information content (AvgIpc) is 3.00. The summed E-state index contributed by atoms with van der Waals surface area (Å²) in [6.45, 7) is 3.76. The highest BCUT2D eigenvalue weighted by Gasteiger charge is 2.21. The molecule has 0 atom stereocenters. The highest BCUT2D eigenvalue weighted by molar-refractivity contribution is 7.89.